The lowest BCUT2D eigenvalue weighted by molar-refractivity contribution is -0.133. The van der Waals surface area contributed by atoms with Crippen LogP contribution in [0.4, 0.5) is 10.5 Å². The Kier molecular flexibility index (Phi) is 5.49. The first kappa shape index (κ1) is 18.3. The Morgan fingerprint density at radius 3 is 2.71 bits per heavy atom. The van der Waals surface area contributed by atoms with Crippen molar-refractivity contribution in [1.29, 1.82) is 0 Å². The number of halogens is 1. The maximum absolute atomic E-state index is 12.5. The van der Waals surface area contributed by atoms with Gasteiger partial charge in [0.1, 0.15) is 12.1 Å². The number of carbonyl (C=O) groups excluding carboxylic acids is 3. The van der Waals surface area contributed by atoms with Gasteiger partial charge in [-0.3, -0.25) is 14.5 Å². The van der Waals surface area contributed by atoms with Crippen molar-refractivity contribution in [3.63, 3.8) is 0 Å². The van der Waals surface area contributed by atoms with E-state index in [1.165, 1.54) is 0 Å². The van der Waals surface area contributed by atoms with Crippen LogP contribution in [0.3, 0.4) is 0 Å². The van der Waals surface area contributed by atoms with Gasteiger partial charge >= 0.3 is 6.03 Å². The number of hydrogen-bond donors (Lipinski definition) is 2. The summed E-state index contributed by atoms with van der Waals surface area (Å²) in [6.45, 7) is 5.22. The fourth-order valence-electron chi connectivity index (χ4n) is 2.69. The van der Waals surface area contributed by atoms with Crippen molar-refractivity contribution in [1.82, 2.24) is 10.2 Å². The van der Waals surface area contributed by atoms with Gasteiger partial charge in [0.15, 0.2) is 0 Å². The normalized spacial score (nSPS) is 20.2. The lowest BCUT2D eigenvalue weighted by atomic mass is 9.95. The largest absolute Gasteiger partial charge is 0.325 e. The molecule has 1 fully saturated rings. The summed E-state index contributed by atoms with van der Waals surface area (Å²) in [6.07, 6.45) is 2.31. The second kappa shape index (κ2) is 7.21. The molecule has 1 aliphatic rings. The van der Waals surface area contributed by atoms with Gasteiger partial charge in [-0.25, -0.2) is 4.79 Å². The summed E-state index contributed by atoms with van der Waals surface area (Å²) >= 11 is 5.88. The molecule has 130 valence electrons. The van der Waals surface area contributed by atoms with Gasteiger partial charge in [0.05, 0.1) is 0 Å². The van der Waals surface area contributed by atoms with Crippen LogP contribution < -0.4 is 10.6 Å². The van der Waals surface area contributed by atoms with Crippen molar-refractivity contribution in [2.45, 2.75) is 45.6 Å². The van der Waals surface area contributed by atoms with E-state index in [2.05, 4.69) is 10.6 Å². The van der Waals surface area contributed by atoms with Crippen LogP contribution in [0.5, 0.6) is 0 Å². The molecular formula is C17H22ClN3O3. The minimum absolute atomic E-state index is 0.311. The number of aryl methyl sites for hydroxylation is 1. The number of anilines is 1. The fraction of sp³-hybridized carbons (Fsp3) is 0.471. The Morgan fingerprint density at radius 1 is 1.38 bits per heavy atom. The molecule has 0 unspecified atom stereocenters. The number of urea groups is 1. The molecule has 7 heteroatoms. The molecule has 6 nitrogen and oxygen atoms in total. The lowest BCUT2D eigenvalue weighted by Gasteiger charge is -2.21. The van der Waals surface area contributed by atoms with Crippen LogP contribution in [0, 0.1) is 6.92 Å². The number of unbranched alkanes of at least 4 members (excludes halogenated alkanes) is 1. The van der Waals surface area contributed by atoms with E-state index < -0.39 is 17.5 Å². The highest BCUT2D eigenvalue weighted by atomic mass is 35.5. The van der Waals surface area contributed by atoms with E-state index in [0.717, 1.165) is 23.3 Å². The van der Waals surface area contributed by atoms with E-state index in [9.17, 15) is 14.4 Å². The highest BCUT2D eigenvalue weighted by molar-refractivity contribution is 6.30. The topological polar surface area (TPSA) is 78.5 Å². The molecule has 1 aromatic carbocycles. The zero-order chi connectivity index (χ0) is 17.9. The number of rotatable bonds is 6. The van der Waals surface area contributed by atoms with E-state index in [-0.39, 0.29) is 12.5 Å². The summed E-state index contributed by atoms with van der Waals surface area (Å²) in [7, 11) is 0. The summed E-state index contributed by atoms with van der Waals surface area (Å²) in [6, 6.07) is 4.56. The van der Waals surface area contributed by atoms with Gasteiger partial charge in [0.2, 0.25) is 5.91 Å². The molecule has 1 heterocycles. The second-order valence-corrected chi connectivity index (χ2v) is 6.70. The number of nitrogens with zero attached hydrogens (tertiary/aromatic N) is 1. The van der Waals surface area contributed by atoms with Crippen LogP contribution in [0.1, 0.15) is 38.7 Å². The maximum atomic E-state index is 12.5. The fourth-order valence-corrected chi connectivity index (χ4v) is 2.92. The monoisotopic (exact) mass is 351 g/mol. The number of carbonyl (C=O) groups is 3. The van der Waals surface area contributed by atoms with Crippen LogP contribution in [0.15, 0.2) is 18.2 Å². The molecule has 0 aliphatic carbocycles. The van der Waals surface area contributed by atoms with Gasteiger partial charge in [-0.1, -0.05) is 31.4 Å². The zero-order valence-electron chi connectivity index (χ0n) is 14.1. The smallest absolute Gasteiger partial charge is 0.324 e. The van der Waals surface area contributed by atoms with Crippen molar-refractivity contribution < 1.29 is 14.4 Å². The van der Waals surface area contributed by atoms with Crippen LogP contribution in [0.2, 0.25) is 5.02 Å². The number of hydrogen-bond acceptors (Lipinski definition) is 3. The maximum Gasteiger partial charge on any atom is 0.325 e. The van der Waals surface area contributed by atoms with Gasteiger partial charge in [0.25, 0.3) is 5.91 Å². The molecule has 0 spiro atoms. The predicted octanol–water partition coefficient (Wildman–Crippen LogP) is 3.09. The van der Waals surface area contributed by atoms with Crippen LogP contribution in [-0.4, -0.2) is 34.8 Å². The first-order valence-corrected chi connectivity index (χ1v) is 8.35. The molecule has 2 N–H and O–H groups in total. The van der Waals surface area contributed by atoms with E-state index in [0.29, 0.717) is 17.1 Å². The van der Waals surface area contributed by atoms with Gasteiger partial charge < -0.3 is 10.6 Å². The highest BCUT2D eigenvalue weighted by Crippen LogP contribution is 2.24. The quantitative estimate of drug-likeness (QED) is 0.773. The van der Waals surface area contributed by atoms with Crippen molar-refractivity contribution in [2.75, 3.05) is 11.9 Å². The Labute approximate surface area is 146 Å². The third-order valence-electron chi connectivity index (χ3n) is 4.14. The third-order valence-corrected chi connectivity index (χ3v) is 4.37. The van der Waals surface area contributed by atoms with Gasteiger partial charge in [-0.2, -0.15) is 0 Å². The van der Waals surface area contributed by atoms with Crippen LogP contribution in [0.25, 0.3) is 0 Å². The molecule has 1 aliphatic heterocycles. The number of nitrogens with one attached hydrogen (secondary N) is 2. The highest BCUT2D eigenvalue weighted by Gasteiger charge is 2.47. The Morgan fingerprint density at radius 2 is 2.08 bits per heavy atom. The van der Waals surface area contributed by atoms with Crippen molar-refractivity contribution in [3.05, 3.63) is 28.8 Å². The molecule has 1 aromatic rings. The predicted molar refractivity (Wildman–Crippen MR) is 93.0 cm³/mol. The van der Waals surface area contributed by atoms with E-state index in [1.807, 2.05) is 13.8 Å². The molecule has 2 rings (SSSR count). The third kappa shape index (κ3) is 3.87. The van der Waals surface area contributed by atoms with Crippen molar-refractivity contribution >= 4 is 35.1 Å². The molecule has 0 radical (unpaired) electrons. The number of amides is 4. The molecule has 1 saturated heterocycles. The molecule has 4 amide bonds. The lowest BCUT2D eigenvalue weighted by Crippen LogP contribution is -2.44. The van der Waals surface area contributed by atoms with Gasteiger partial charge in [-0.05, 0) is 44.0 Å². The standard InChI is InChI=1S/C17H22ClN3O3/c1-4-5-8-17(3)15(23)21(16(24)20-17)10-14(22)19-13-7-6-12(18)9-11(13)2/h6-7,9H,4-5,8,10H2,1-3H3,(H,19,22)(H,20,24)/t17-/m0/s1. The Hall–Kier alpha value is -2.08. The average Bonchev–Trinajstić information content (AvgIpc) is 2.72. The minimum Gasteiger partial charge on any atom is -0.324 e. The minimum atomic E-state index is -0.927. The molecular weight excluding hydrogens is 330 g/mol. The van der Waals surface area contributed by atoms with E-state index in [1.54, 1.807) is 25.1 Å². The molecule has 1 atom stereocenters. The summed E-state index contributed by atoms with van der Waals surface area (Å²) in [4.78, 5) is 37.7. The van der Waals surface area contributed by atoms with Gasteiger partial charge in [0, 0.05) is 10.7 Å². The molecule has 0 bridgehead atoms. The SMILES string of the molecule is CCCC[C@]1(C)NC(=O)N(CC(=O)Nc2ccc(Cl)cc2C)C1=O. The van der Waals surface area contributed by atoms with Crippen molar-refractivity contribution in [3.8, 4) is 0 Å². The van der Waals surface area contributed by atoms with Crippen LogP contribution >= 0.6 is 11.6 Å². The number of imide groups is 1. The number of benzene rings is 1. The van der Waals surface area contributed by atoms with Crippen molar-refractivity contribution in [2.24, 2.45) is 0 Å². The first-order chi connectivity index (χ1) is 11.3. The average molecular weight is 352 g/mol. The first-order valence-electron chi connectivity index (χ1n) is 7.97. The summed E-state index contributed by atoms with van der Waals surface area (Å²) in [5.74, 6) is -0.785. The second-order valence-electron chi connectivity index (χ2n) is 6.26. The van der Waals surface area contributed by atoms with E-state index >= 15 is 0 Å². The Balaban J connectivity index is 2.03. The summed E-state index contributed by atoms with van der Waals surface area (Å²) in [5.41, 5.74) is 0.481. The summed E-state index contributed by atoms with van der Waals surface area (Å²) in [5, 5.41) is 5.97. The van der Waals surface area contributed by atoms with Crippen LogP contribution in [-0.2, 0) is 9.59 Å². The molecule has 0 saturated carbocycles. The molecule has 24 heavy (non-hydrogen) atoms. The molecule has 0 aromatic heterocycles. The van der Waals surface area contributed by atoms with Gasteiger partial charge in [-0.15, -0.1) is 0 Å². The Bertz CT molecular complexity index is 677. The summed E-state index contributed by atoms with van der Waals surface area (Å²) < 4.78 is 0. The zero-order valence-corrected chi connectivity index (χ0v) is 14.9. The van der Waals surface area contributed by atoms with E-state index in [4.69, 9.17) is 11.6 Å².